The Balaban J connectivity index is 1.71. The number of carbonyl (C=O) groups excluding carboxylic acids is 1. The van der Waals surface area contributed by atoms with Crippen molar-refractivity contribution < 1.29 is 17.6 Å². The number of hydrogen-bond donors (Lipinski definition) is 0. The molecule has 0 unspecified atom stereocenters. The molecule has 1 aliphatic rings. The number of anilines is 2. The van der Waals surface area contributed by atoms with Gasteiger partial charge in [-0.05, 0) is 30.3 Å². The number of para-hydroxylation sites is 1. The number of halogens is 2. The first kappa shape index (κ1) is 20.4. The fourth-order valence-electron chi connectivity index (χ4n) is 3.09. The van der Waals surface area contributed by atoms with Gasteiger partial charge in [-0.25, -0.2) is 12.8 Å². The van der Waals surface area contributed by atoms with Gasteiger partial charge < -0.3 is 9.80 Å². The molecule has 0 N–H and O–H groups in total. The lowest BCUT2D eigenvalue weighted by Crippen LogP contribution is -2.49. The Morgan fingerprint density at radius 2 is 1.75 bits per heavy atom. The molecule has 1 amide bonds. The third-order valence-corrected chi connectivity index (χ3v) is 6.32. The van der Waals surface area contributed by atoms with E-state index in [9.17, 15) is 17.6 Å². The molecule has 3 rings (SSSR count). The second-order valence-corrected chi connectivity index (χ2v) is 9.05. The molecule has 150 valence electrons. The van der Waals surface area contributed by atoms with Crippen molar-refractivity contribution in [1.29, 1.82) is 0 Å². The molecule has 2 aromatic rings. The van der Waals surface area contributed by atoms with Gasteiger partial charge in [0.2, 0.25) is 10.0 Å². The van der Waals surface area contributed by atoms with Gasteiger partial charge in [-0.2, -0.15) is 0 Å². The van der Waals surface area contributed by atoms with Gasteiger partial charge in [-0.3, -0.25) is 9.10 Å². The molecule has 9 heteroatoms. The van der Waals surface area contributed by atoms with Crippen LogP contribution in [0.5, 0.6) is 0 Å². The maximum atomic E-state index is 13.9. The largest absolute Gasteiger partial charge is 0.366 e. The molecule has 0 aromatic heterocycles. The zero-order valence-electron chi connectivity index (χ0n) is 15.6. The number of hydrogen-bond acceptors (Lipinski definition) is 4. The van der Waals surface area contributed by atoms with E-state index in [1.807, 2.05) is 4.90 Å². The molecule has 6 nitrogen and oxygen atoms in total. The Hall–Kier alpha value is -2.32. The molecule has 0 saturated carbocycles. The maximum Gasteiger partial charge on any atom is 0.255 e. The fourth-order valence-corrected chi connectivity index (χ4v) is 3.85. The summed E-state index contributed by atoms with van der Waals surface area (Å²) < 4.78 is 38.4. The summed E-state index contributed by atoms with van der Waals surface area (Å²) in [5, 5.41) is 0.189. The molecular weight excluding hydrogens is 405 g/mol. The quantitative estimate of drug-likeness (QED) is 0.755. The lowest BCUT2D eigenvalue weighted by Gasteiger charge is -2.36. The van der Waals surface area contributed by atoms with E-state index < -0.39 is 10.0 Å². The van der Waals surface area contributed by atoms with E-state index >= 15 is 0 Å². The molecule has 0 aliphatic carbocycles. The van der Waals surface area contributed by atoms with E-state index in [1.54, 1.807) is 29.2 Å². The van der Waals surface area contributed by atoms with E-state index in [0.717, 1.165) is 10.6 Å². The summed E-state index contributed by atoms with van der Waals surface area (Å²) in [5.74, 6) is -0.511. The van der Waals surface area contributed by atoms with Crippen molar-refractivity contribution in [2.75, 3.05) is 48.7 Å². The Bertz CT molecular complexity index is 992. The first-order valence-electron chi connectivity index (χ1n) is 8.70. The van der Waals surface area contributed by atoms with Crippen LogP contribution in [0.1, 0.15) is 10.4 Å². The summed E-state index contributed by atoms with van der Waals surface area (Å²) in [5.41, 5.74) is 1.22. The predicted octanol–water partition coefficient (Wildman–Crippen LogP) is 2.84. The lowest BCUT2D eigenvalue weighted by atomic mass is 10.1. The molecule has 0 atom stereocenters. The van der Waals surface area contributed by atoms with Crippen molar-refractivity contribution in [1.82, 2.24) is 4.90 Å². The fraction of sp³-hybridized carbons (Fsp3) is 0.316. The van der Waals surface area contributed by atoms with Crippen molar-refractivity contribution in [3.8, 4) is 0 Å². The summed E-state index contributed by atoms with van der Waals surface area (Å²) in [6, 6.07) is 11.1. The highest BCUT2D eigenvalue weighted by molar-refractivity contribution is 7.92. The van der Waals surface area contributed by atoms with E-state index in [4.69, 9.17) is 11.6 Å². The van der Waals surface area contributed by atoms with Crippen LogP contribution < -0.4 is 9.21 Å². The molecule has 1 aliphatic heterocycles. The van der Waals surface area contributed by atoms with Crippen molar-refractivity contribution >= 4 is 38.9 Å². The number of benzene rings is 2. The molecule has 1 heterocycles. The second-order valence-electron chi connectivity index (χ2n) is 6.63. The minimum Gasteiger partial charge on any atom is -0.366 e. The van der Waals surface area contributed by atoms with Crippen LogP contribution in [0.3, 0.4) is 0 Å². The van der Waals surface area contributed by atoms with E-state index in [0.29, 0.717) is 43.1 Å². The van der Waals surface area contributed by atoms with E-state index in [1.165, 1.54) is 25.2 Å². The van der Waals surface area contributed by atoms with E-state index in [-0.39, 0.29) is 16.7 Å². The monoisotopic (exact) mass is 425 g/mol. The summed E-state index contributed by atoms with van der Waals surface area (Å²) in [6.07, 6.45) is 1.09. The van der Waals surface area contributed by atoms with Crippen LogP contribution >= 0.6 is 11.6 Å². The Labute approximate surface area is 169 Å². The zero-order chi connectivity index (χ0) is 20.5. The highest BCUT2D eigenvalue weighted by atomic mass is 35.5. The molecular formula is C19H21ClFN3O3S. The van der Waals surface area contributed by atoms with Gasteiger partial charge >= 0.3 is 0 Å². The Morgan fingerprint density at radius 3 is 2.32 bits per heavy atom. The highest BCUT2D eigenvalue weighted by Gasteiger charge is 2.25. The number of nitrogens with zero attached hydrogens (tertiary/aromatic N) is 3. The van der Waals surface area contributed by atoms with Gasteiger partial charge in [0.1, 0.15) is 5.82 Å². The van der Waals surface area contributed by atoms with Crippen LogP contribution in [-0.4, -0.2) is 58.7 Å². The number of carbonyl (C=O) groups is 1. The van der Waals surface area contributed by atoms with Crippen LogP contribution in [0, 0.1) is 5.82 Å². The van der Waals surface area contributed by atoms with Crippen LogP contribution in [-0.2, 0) is 10.0 Å². The molecule has 2 aromatic carbocycles. The van der Waals surface area contributed by atoms with Gasteiger partial charge in [-0.1, -0.05) is 23.7 Å². The molecule has 1 saturated heterocycles. The minimum atomic E-state index is -3.42. The van der Waals surface area contributed by atoms with E-state index in [2.05, 4.69) is 0 Å². The number of rotatable bonds is 4. The molecule has 0 spiro atoms. The maximum absolute atomic E-state index is 13.9. The molecule has 28 heavy (non-hydrogen) atoms. The van der Waals surface area contributed by atoms with Gasteiger partial charge in [0.15, 0.2) is 0 Å². The van der Waals surface area contributed by atoms with Crippen LogP contribution in [0.25, 0.3) is 0 Å². The molecule has 1 fully saturated rings. The van der Waals surface area contributed by atoms with Crippen molar-refractivity contribution in [3.05, 3.63) is 58.9 Å². The van der Waals surface area contributed by atoms with Gasteiger partial charge in [0.05, 0.1) is 28.2 Å². The number of piperazine rings is 1. The van der Waals surface area contributed by atoms with Crippen LogP contribution in [0.15, 0.2) is 42.5 Å². The standard InChI is InChI=1S/C19H21ClFN3O3S/c1-22(28(2,26)27)14-7-8-15(16(20)13-14)19(25)24-11-9-23(10-12-24)18-6-4-3-5-17(18)21/h3-8,13H,9-12H2,1-2H3. The van der Waals surface area contributed by atoms with Gasteiger partial charge in [0, 0.05) is 33.2 Å². The SMILES string of the molecule is CN(c1ccc(C(=O)N2CCN(c3ccccc3F)CC2)c(Cl)c1)S(C)(=O)=O. The van der Waals surface area contributed by atoms with Crippen LogP contribution in [0.4, 0.5) is 15.8 Å². The van der Waals surface area contributed by atoms with Gasteiger partial charge in [0.25, 0.3) is 5.91 Å². The topological polar surface area (TPSA) is 60.9 Å². The minimum absolute atomic E-state index is 0.189. The number of sulfonamides is 1. The first-order valence-corrected chi connectivity index (χ1v) is 10.9. The Morgan fingerprint density at radius 1 is 1.11 bits per heavy atom. The summed E-state index contributed by atoms with van der Waals surface area (Å²) in [4.78, 5) is 16.4. The smallest absolute Gasteiger partial charge is 0.255 e. The highest BCUT2D eigenvalue weighted by Crippen LogP contribution is 2.26. The van der Waals surface area contributed by atoms with Crippen molar-refractivity contribution in [2.45, 2.75) is 0 Å². The zero-order valence-corrected chi connectivity index (χ0v) is 17.2. The molecule has 0 bridgehead atoms. The lowest BCUT2D eigenvalue weighted by molar-refractivity contribution is 0.0747. The summed E-state index contributed by atoms with van der Waals surface area (Å²) in [7, 11) is -2.00. The third-order valence-electron chi connectivity index (χ3n) is 4.80. The van der Waals surface area contributed by atoms with Crippen molar-refractivity contribution in [2.24, 2.45) is 0 Å². The summed E-state index contributed by atoms with van der Waals surface area (Å²) in [6.45, 7) is 1.90. The third kappa shape index (κ3) is 4.23. The van der Waals surface area contributed by atoms with Crippen LogP contribution in [0.2, 0.25) is 5.02 Å². The average molecular weight is 426 g/mol. The Kier molecular flexibility index (Phi) is 5.81. The molecule has 0 radical (unpaired) electrons. The number of amides is 1. The van der Waals surface area contributed by atoms with Gasteiger partial charge in [-0.15, -0.1) is 0 Å². The van der Waals surface area contributed by atoms with Crippen molar-refractivity contribution in [3.63, 3.8) is 0 Å². The summed E-state index contributed by atoms with van der Waals surface area (Å²) >= 11 is 6.25. The first-order chi connectivity index (χ1) is 13.2. The normalized spacial score (nSPS) is 14.9. The second kappa shape index (κ2) is 7.97. The average Bonchev–Trinajstić information content (AvgIpc) is 2.66. The predicted molar refractivity (Wildman–Crippen MR) is 109 cm³/mol.